The second kappa shape index (κ2) is 10.6. The van der Waals surface area contributed by atoms with Crippen molar-refractivity contribution in [1.82, 2.24) is 15.1 Å². The Labute approximate surface area is 191 Å². The van der Waals surface area contributed by atoms with E-state index >= 15 is 0 Å². The summed E-state index contributed by atoms with van der Waals surface area (Å²) in [5, 5.41) is 8.23. The first-order chi connectivity index (χ1) is 15.1. The minimum absolute atomic E-state index is 0.171. The molecule has 1 aromatic carbocycles. The van der Waals surface area contributed by atoms with Gasteiger partial charge in [0.15, 0.2) is 0 Å². The van der Waals surface area contributed by atoms with Gasteiger partial charge in [-0.1, -0.05) is 6.92 Å². The van der Waals surface area contributed by atoms with E-state index in [1.54, 1.807) is 11.3 Å². The van der Waals surface area contributed by atoms with Crippen LogP contribution in [0.3, 0.4) is 0 Å². The third-order valence-corrected chi connectivity index (χ3v) is 7.46. The van der Waals surface area contributed by atoms with Crippen LogP contribution in [0.5, 0.6) is 0 Å². The molecule has 2 fully saturated rings. The molecule has 2 saturated heterocycles. The molecule has 168 valence electrons. The van der Waals surface area contributed by atoms with Crippen molar-refractivity contribution in [3.63, 3.8) is 0 Å². The van der Waals surface area contributed by atoms with Crippen molar-refractivity contribution < 1.29 is 4.79 Å². The molecule has 1 aromatic heterocycles. The average Bonchev–Trinajstić information content (AvgIpc) is 3.32. The predicted molar refractivity (Wildman–Crippen MR) is 130 cm³/mol. The number of thiophene rings is 1. The smallest absolute Gasteiger partial charge is 0.253 e. The maximum atomic E-state index is 12.8. The van der Waals surface area contributed by atoms with Crippen LogP contribution in [-0.4, -0.2) is 73.6 Å². The van der Waals surface area contributed by atoms with E-state index in [-0.39, 0.29) is 5.91 Å². The van der Waals surface area contributed by atoms with E-state index in [1.165, 1.54) is 11.3 Å². The predicted octanol–water partition coefficient (Wildman–Crippen LogP) is 3.72. The number of carbonyl (C=O) groups excluding carboxylic acids is 1. The number of anilines is 1. The number of hydrogen-bond donors (Lipinski definition) is 1. The molecule has 5 nitrogen and oxygen atoms in total. The molecular formula is C25H36N4OS. The minimum Gasteiger partial charge on any atom is -0.371 e. The van der Waals surface area contributed by atoms with E-state index in [2.05, 4.69) is 57.9 Å². The SMILES string of the molecule is CCN1CCN(C(=O)c2ccc(N3CCC(N[C@@H](C)Cc4ccsc4)CC3)cc2)CC1. The van der Waals surface area contributed by atoms with Gasteiger partial charge in [-0.2, -0.15) is 11.3 Å². The van der Waals surface area contributed by atoms with Gasteiger partial charge < -0.3 is 20.0 Å². The van der Waals surface area contributed by atoms with Crippen LogP contribution in [0.15, 0.2) is 41.1 Å². The van der Waals surface area contributed by atoms with Crippen LogP contribution in [0.4, 0.5) is 5.69 Å². The quantitative estimate of drug-likeness (QED) is 0.712. The van der Waals surface area contributed by atoms with Gasteiger partial charge in [-0.25, -0.2) is 0 Å². The van der Waals surface area contributed by atoms with Crippen LogP contribution in [-0.2, 0) is 6.42 Å². The molecule has 2 aliphatic heterocycles. The number of nitrogens with zero attached hydrogens (tertiary/aromatic N) is 3. The van der Waals surface area contributed by atoms with Gasteiger partial charge in [-0.15, -0.1) is 0 Å². The molecule has 0 spiro atoms. The zero-order valence-corrected chi connectivity index (χ0v) is 19.7. The van der Waals surface area contributed by atoms with E-state index in [9.17, 15) is 4.79 Å². The summed E-state index contributed by atoms with van der Waals surface area (Å²) in [6.45, 7) is 11.3. The molecule has 1 amide bonds. The van der Waals surface area contributed by atoms with Crippen LogP contribution in [0.2, 0.25) is 0 Å². The molecule has 0 saturated carbocycles. The van der Waals surface area contributed by atoms with Crippen molar-refractivity contribution in [2.45, 2.75) is 45.2 Å². The fourth-order valence-electron chi connectivity index (χ4n) is 4.79. The van der Waals surface area contributed by atoms with Crippen molar-refractivity contribution in [1.29, 1.82) is 0 Å². The van der Waals surface area contributed by atoms with E-state index < -0.39 is 0 Å². The third-order valence-electron chi connectivity index (χ3n) is 6.72. The Morgan fingerprint density at radius 2 is 1.77 bits per heavy atom. The number of piperidine rings is 1. The summed E-state index contributed by atoms with van der Waals surface area (Å²) in [4.78, 5) is 19.7. The number of rotatable bonds is 7. The number of likely N-dealkylation sites (N-methyl/N-ethyl adjacent to an activating group) is 1. The number of nitrogens with one attached hydrogen (secondary N) is 1. The van der Waals surface area contributed by atoms with E-state index in [4.69, 9.17) is 0 Å². The highest BCUT2D eigenvalue weighted by Crippen LogP contribution is 2.22. The Kier molecular flexibility index (Phi) is 7.64. The Bertz CT molecular complexity index is 807. The van der Waals surface area contributed by atoms with Gasteiger partial charge in [0, 0.05) is 62.6 Å². The molecule has 0 radical (unpaired) electrons. The first-order valence-corrected chi connectivity index (χ1v) is 12.7. The van der Waals surface area contributed by atoms with Gasteiger partial charge in [-0.05, 0) is 79.4 Å². The minimum atomic E-state index is 0.171. The number of piperazine rings is 1. The highest BCUT2D eigenvalue weighted by molar-refractivity contribution is 7.07. The Morgan fingerprint density at radius 3 is 2.39 bits per heavy atom. The molecule has 6 heteroatoms. The van der Waals surface area contributed by atoms with Crippen molar-refractivity contribution in [3.05, 3.63) is 52.2 Å². The zero-order chi connectivity index (χ0) is 21.6. The van der Waals surface area contributed by atoms with E-state index in [0.717, 1.165) is 70.6 Å². The lowest BCUT2D eigenvalue weighted by atomic mass is 10.0. The summed E-state index contributed by atoms with van der Waals surface area (Å²) in [5.41, 5.74) is 3.48. The summed E-state index contributed by atoms with van der Waals surface area (Å²) < 4.78 is 0. The lowest BCUT2D eigenvalue weighted by molar-refractivity contribution is 0.0643. The molecular weight excluding hydrogens is 404 g/mol. The summed E-state index contributed by atoms with van der Waals surface area (Å²) in [6, 6.07) is 11.6. The summed E-state index contributed by atoms with van der Waals surface area (Å²) in [6.07, 6.45) is 3.43. The first kappa shape index (κ1) is 22.3. The molecule has 2 aromatic rings. The lowest BCUT2D eigenvalue weighted by Crippen LogP contribution is -2.48. The van der Waals surface area contributed by atoms with Crippen molar-refractivity contribution in [2.24, 2.45) is 0 Å². The van der Waals surface area contributed by atoms with Crippen molar-refractivity contribution >= 4 is 22.9 Å². The molecule has 0 aliphatic carbocycles. The largest absolute Gasteiger partial charge is 0.371 e. The molecule has 1 N–H and O–H groups in total. The van der Waals surface area contributed by atoms with Gasteiger partial charge in [0.05, 0.1) is 0 Å². The van der Waals surface area contributed by atoms with Crippen LogP contribution in [0.1, 0.15) is 42.6 Å². The summed E-state index contributed by atoms with van der Waals surface area (Å²) in [5.74, 6) is 0.171. The fourth-order valence-corrected chi connectivity index (χ4v) is 5.47. The summed E-state index contributed by atoms with van der Waals surface area (Å²) in [7, 11) is 0. The van der Waals surface area contributed by atoms with E-state index in [0.29, 0.717) is 12.1 Å². The monoisotopic (exact) mass is 440 g/mol. The highest BCUT2D eigenvalue weighted by atomic mass is 32.1. The van der Waals surface area contributed by atoms with Crippen LogP contribution in [0.25, 0.3) is 0 Å². The van der Waals surface area contributed by atoms with E-state index in [1.807, 2.05) is 17.0 Å². The second-order valence-corrected chi connectivity index (χ2v) is 9.72. The first-order valence-electron chi connectivity index (χ1n) is 11.8. The molecule has 4 rings (SSSR count). The van der Waals surface area contributed by atoms with Gasteiger partial charge in [0.25, 0.3) is 5.91 Å². The maximum absolute atomic E-state index is 12.8. The summed E-state index contributed by atoms with van der Waals surface area (Å²) >= 11 is 1.78. The molecule has 1 atom stereocenters. The number of benzene rings is 1. The lowest BCUT2D eigenvalue weighted by Gasteiger charge is -2.36. The van der Waals surface area contributed by atoms with Crippen molar-refractivity contribution in [3.8, 4) is 0 Å². The van der Waals surface area contributed by atoms with Crippen molar-refractivity contribution in [2.75, 3.05) is 50.7 Å². The van der Waals surface area contributed by atoms with Gasteiger partial charge in [-0.3, -0.25) is 4.79 Å². The fraction of sp³-hybridized carbons (Fsp3) is 0.560. The average molecular weight is 441 g/mol. The second-order valence-electron chi connectivity index (χ2n) is 8.94. The molecule has 0 unspecified atom stereocenters. The van der Waals surface area contributed by atoms with Gasteiger partial charge in [0.1, 0.15) is 0 Å². The zero-order valence-electron chi connectivity index (χ0n) is 18.9. The topological polar surface area (TPSA) is 38.8 Å². The number of hydrogen-bond acceptors (Lipinski definition) is 5. The van der Waals surface area contributed by atoms with Crippen LogP contribution in [0, 0.1) is 0 Å². The molecule has 31 heavy (non-hydrogen) atoms. The Balaban J connectivity index is 1.24. The third kappa shape index (κ3) is 5.88. The number of amides is 1. The maximum Gasteiger partial charge on any atom is 0.253 e. The molecule has 3 heterocycles. The molecule has 2 aliphatic rings. The van der Waals surface area contributed by atoms with Crippen LogP contribution < -0.4 is 10.2 Å². The van der Waals surface area contributed by atoms with Gasteiger partial charge >= 0.3 is 0 Å². The standard InChI is InChI=1S/C25H36N4OS/c1-3-27-13-15-29(16-14-27)25(30)22-4-6-24(7-5-22)28-11-8-23(9-12-28)26-20(2)18-21-10-17-31-19-21/h4-7,10,17,19-20,23,26H,3,8-9,11-16,18H2,1-2H3/t20-/m0/s1. The normalized spacial score (nSPS) is 19.5. The highest BCUT2D eigenvalue weighted by Gasteiger charge is 2.23. The Hall–Kier alpha value is -1.89. The number of carbonyl (C=O) groups is 1. The Morgan fingerprint density at radius 1 is 1.06 bits per heavy atom. The molecule has 0 bridgehead atoms. The van der Waals surface area contributed by atoms with Crippen LogP contribution >= 0.6 is 11.3 Å². The van der Waals surface area contributed by atoms with Gasteiger partial charge in [0.2, 0.25) is 0 Å².